The fraction of sp³-hybridized carbons (Fsp3) is 0.375. The molecule has 9 nitrogen and oxygen atoms in total. The van der Waals surface area contributed by atoms with Crippen molar-refractivity contribution < 1.29 is 28.2 Å². The molecule has 1 atom stereocenters. The maximum absolute atomic E-state index is 13.4. The van der Waals surface area contributed by atoms with E-state index in [1.807, 2.05) is 67.6 Å². The van der Waals surface area contributed by atoms with Gasteiger partial charge in [-0.1, -0.05) is 79.7 Å². The molecule has 3 N–H and O–H groups in total. The third-order valence-corrected chi connectivity index (χ3v) is 8.12. The largest absolute Gasteiger partial charge is 0.465 e. The van der Waals surface area contributed by atoms with Crippen molar-refractivity contribution in [1.82, 2.24) is 9.80 Å². The van der Waals surface area contributed by atoms with Gasteiger partial charge in [-0.2, -0.15) is 0 Å². The lowest BCUT2D eigenvalue weighted by molar-refractivity contribution is -0.131. The molecule has 3 aromatic carbocycles. The number of sulfonamides is 1. The summed E-state index contributed by atoms with van der Waals surface area (Å²) in [6.07, 6.45) is 1.23. The molecule has 0 saturated carbocycles. The summed E-state index contributed by atoms with van der Waals surface area (Å²) in [5, 5.41) is 18.9. The molecule has 0 bridgehead atoms. The second kappa shape index (κ2) is 16.5. The molecule has 0 aromatic heterocycles. The van der Waals surface area contributed by atoms with Gasteiger partial charge >= 0.3 is 6.09 Å². The van der Waals surface area contributed by atoms with Crippen molar-refractivity contribution in [3.8, 4) is 0 Å². The van der Waals surface area contributed by atoms with Crippen molar-refractivity contribution in [3.05, 3.63) is 102 Å². The number of carbonyl (C=O) groups excluding carboxylic acids is 1. The molecule has 0 aliphatic heterocycles. The van der Waals surface area contributed by atoms with Crippen LogP contribution in [0.2, 0.25) is 0 Å². The Balaban J connectivity index is 1.64. The van der Waals surface area contributed by atoms with Crippen molar-refractivity contribution in [2.45, 2.75) is 45.6 Å². The lowest BCUT2D eigenvalue weighted by atomic mass is 10.0. The van der Waals surface area contributed by atoms with E-state index in [4.69, 9.17) is 0 Å². The van der Waals surface area contributed by atoms with E-state index >= 15 is 0 Å². The first-order chi connectivity index (χ1) is 20.1. The van der Waals surface area contributed by atoms with Crippen molar-refractivity contribution in [3.63, 3.8) is 0 Å². The zero-order valence-electron chi connectivity index (χ0n) is 24.1. The van der Waals surface area contributed by atoms with Crippen LogP contribution in [0.3, 0.4) is 0 Å². The number of benzene rings is 3. The molecule has 226 valence electrons. The first-order valence-corrected chi connectivity index (χ1v) is 15.8. The fourth-order valence-corrected chi connectivity index (χ4v) is 5.90. The van der Waals surface area contributed by atoms with Crippen LogP contribution >= 0.6 is 0 Å². The Morgan fingerprint density at radius 3 is 2.12 bits per heavy atom. The van der Waals surface area contributed by atoms with Gasteiger partial charge in [-0.05, 0) is 60.4 Å². The van der Waals surface area contributed by atoms with Crippen LogP contribution in [-0.4, -0.2) is 66.0 Å². The van der Waals surface area contributed by atoms with Crippen LogP contribution in [0.15, 0.2) is 84.9 Å². The average Bonchev–Trinajstić information content (AvgIpc) is 2.95. The molecule has 0 fully saturated rings. The maximum Gasteiger partial charge on any atom is 0.407 e. The van der Waals surface area contributed by atoms with Gasteiger partial charge in [0.2, 0.25) is 5.91 Å². The second-order valence-corrected chi connectivity index (χ2v) is 12.2. The van der Waals surface area contributed by atoms with Crippen LogP contribution in [0.5, 0.6) is 0 Å². The molecule has 0 aliphatic carbocycles. The third kappa shape index (κ3) is 11.5. The lowest BCUT2D eigenvalue weighted by Crippen LogP contribution is -2.39. The number of aliphatic hydroxyl groups is 1. The number of aryl methyl sites for hydroxylation is 1. The zero-order valence-corrected chi connectivity index (χ0v) is 24.9. The Kier molecular flexibility index (Phi) is 12.8. The summed E-state index contributed by atoms with van der Waals surface area (Å²) in [7, 11) is -3.91. The standard InChI is InChI=1S/C32H41N3O6S/c1-26(17-20-34(32(38)39)24-29-12-6-3-7-13-29)22-31(37)35(19-9-15-27-10-4-2-5-11-27)25-42(40,41)33-30-16-8-14-28(23-30)18-21-36/h2-8,10-14,16,23,26,33,36H,9,15,17-22,24-25H2,1H3,(H,38,39). The van der Waals surface area contributed by atoms with Crippen LogP contribution in [0.25, 0.3) is 0 Å². The van der Waals surface area contributed by atoms with E-state index in [1.54, 1.807) is 24.3 Å². The van der Waals surface area contributed by atoms with Gasteiger partial charge in [0.25, 0.3) is 10.0 Å². The topological polar surface area (TPSA) is 127 Å². The Bertz CT molecular complexity index is 1370. The van der Waals surface area contributed by atoms with Gasteiger partial charge in [0.15, 0.2) is 0 Å². The van der Waals surface area contributed by atoms with Gasteiger partial charge in [0.1, 0.15) is 5.88 Å². The van der Waals surface area contributed by atoms with Crippen LogP contribution < -0.4 is 4.72 Å². The van der Waals surface area contributed by atoms with Gasteiger partial charge in [-0.3, -0.25) is 9.52 Å². The molecule has 1 unspecified atom stereocenters. The van der Waals surface area contributed by atoms with Crippen LogP contribution in [0, 0.1) is 5.92 Å². The number of rotatable bonds is 17. The lowest BCUT2D eigenvalue weighted by Gasteiger charge is -2.26. The molecule has 0 heterocycles. The van der Waals surface area contributed by atoms with E-state index < -0.39 is 22.0 Å². The number of anilines is 1. The predicted molar refractivity (Wildman–Crippen MR) is 164 cm³/mol. The number of hydrogen-bond acceptors (Lipinski definition) is 5. The van der Waals surface area contributed by atoms with E-state index in [0.29, 0.717) is 31.4 Å². The molecule has 0 aliphatic rings. The van der Waals surface area contributed by atoms with Gasteiger partial charge in [0, 0.05) is 38.3 Å². The molecule has 0 radical (unpaired) electrons. The monoisotopic (exact) mass is 595 g/mol. The molecule has 3 aromatic rings. The highest BCUT2D eigenvalue weighted by molar-refractivity contribution is 7.92. The predicted octanol–water partition coefficient (Wildman–Crippen LogP) is 4.98. The highest BCUT2D eigenvalue weighted by atomic mass is 32.2. The molecule has 0 saturated heterocycles. The highest BCUT2D eigenvalue weighted by Crippen LogP contribution is 2.17. The normalized spacial score (nSPS) is 12.0. The molecular formula is C32H41N3O6S. The molecule has 3 rings (SSSR count). The van der Waals surface area contributed by atoms with Crippen molar-refractivity contribution >= 4 is 27.7 Å². The first kappa shape index (κ1) is 32.6. The zero-order chi connectivity index (χ0) is 30.4. The van der Waals surface area contributed by atoms with E-state index in [1.165, 1.54) is 9.80 Å². The van der Waals surface area contributed by atoms with E-state index in [2.05, 4.69) is 4.72 Å². The van der Waals surface area contributed by atoms with Crippen molar-refractivity contribution in [2.75, 3.05) is 30.3 Å². The van der Waals surface area contributed by atoms with Gasteiger partial charge < -0.3 is 20.0 Å². The van der Waals surface area contributed by atoms with Gasteiger partial charge in [0.05, 0.1) is 0 Å². The third-order valence-electron chi connectivity index (χ3n) is 6.92. The number of amides is 2. The van der Waals surface area contributed by atoms with E-state index in [-0.39, 0.29) is 44.5 Å². The van der Waals surface area contributed by atoms with Gasteiger partial charge in [-0.15, -0.1) is 0 Å². The smallest absolute Gasteiger partial charge is 0.407 e. The minimum Gasteiger partial charge on any atom is -0.465 e. The number of carboxylic acid groups (broad SMARTS) is 1. The van der Waals surface area contributed by atoms with E-state index in [9.17, 15) is 28.2 Å². The Morgan fingerprint density at radius 1 is 0.833 bits per heavy atom. The summed E-state index contributed by atoms with van der Waals surface area (Å²) in [6.45, 7) is 2.61. The number of hydrogen-bond donors (Lipinski definition) is 3. The summed E-state index contributed by atoms with van der Waals surface area (Å²) < 4.78 is 28.8. The summed E-state index contributed by atoms with van der Waals surface area (Å²) >= 11 is 0. The van der Waals surface area contributed by atoms with Crippen molar-refractivity contribution in [2.24, 2.45) is 5.92 Å². The Hall–Kier alpha value is -3.89. The number of carbonyl (C=O) groups is 2. The van der Waals surface area contributed by atoms with E-state index in [0.717, 1.165) is 16.7 Å². The number of aliphatic hydroxyl groups excluding tert-OH is 1. The minimum absolute atomic E-state index is 0.0471. The number of nitrogens with zero attached hydrogens (tertiary/aromatic N) is 2. The Labute approximate surface area is 248 Å². The Morgan fingerprint density at radius 2 is 1.48 bits per heavy atom. The summed E-state index contributed by atoms with van der Waals surface area (Å²) in [6, 6.07) is 26.0. The van der Waals surface area contributed by atoms with Gasteiger partial charge in [-0.25, -0.2) is 13.2 Å². The molecule has 10 heteroatoms. The maximum atomic E-state index is 13.4. The molecular weight excluding hydrogens is 554 g/mol. The molecule has 42 heavy (non-hydrogen) atoms. The SMILES string of the molecule is CC(CCN(Cc1ccccc1)C(=O)O)CC(=O)N(CCCc1ccccc1)CS(=O)(=O)Nc1cccc(CCO)c1. The van der Waals surface area contributed by atoms with Crippen molar-refractivity contribution in [1.29, 1.82) is 0 Å². The second-order valence-electron chi connectivity index (χ2n) is 10.6. The molecule has 0 spiro atoms. The summed E-state index contributed by atoms with van der Waals surface area (Å²) in [5.41, 5.74) is 3.16. The van der Waals surface area contributed by atoms with Crippen LogP contribution in [-0.2, 0) is 34.2 Å². The number of nitrogens with one attached hydrogen (secondary N) is 1. The van der Waals surface area contributed by atoms with Crippen LogP contribution in [0.1, 0.15) is 42.9 Å². The fourth-order valence-electron chi connectivity index (χ4n) is 4.67. The average molecular weight is 596 g/mol. The highest BCUT2D eigenvalue weighted by Gasteiger charge is 2.24. The quantitative estimate of drug-likeness (QED) is 0.202. The minimum atomic E-state index is -3.91. The summed E-state index contributed by atoms with van der Waals surface area (Å²) in [5.74, 6) is -0.940. The summed E-state index contributed by atoms with van der Waals surface area (Å²) in [4.78, 5) is 27.9. The molecule has 2 amide bonds. The first-order valence-electron chi connectivity index (χ1n) is 14.2. The van der Waals surface area contributed by atoms with Crippen LogP contribution in [0.4, 0.5) is 10.5 Å².